The molecule has 3 heteroatoms. The van der Waals surface area contributed by atoms with Crippen molar-refractivity contribution >= 4 is 5.91 Å². The zero-order valence-corrected chi connectivity index (χ0v) is 11.4. The lowest BCUT2D eigenvalue weighted by molar-refractivity contribution is -0.133. The smallest absolute Gasteiger partial charge is 0.222 e. The van der Waals surface area contributed by atoms with E-state index in [1.807, 2.05) is 0 Å². The number of likely N-dealkylation sites (tertiary alicyclic amines) is 1. The fourth-order valence-electron chi connectivity index (χ4n) is 4.15. The van der Waals surface area contributed by atoms with E-state index in [1.165, 1.54) is 38.5 Å². The summed E-state index contributed by atoms with van der Waals surface area (Å²) in [5.74, 6) is 2.02. The molecular formula is C15H26N2O. The molecule has 0 aromatic rings. The van der Waals surface area contributed by atoms with Crippen molar-refractivity contribution < 1.29 is 4.79 Å². The van der Waals surface area contributed by atoms with Crippen molar-refractivity contribution in [2.24, 2.45) is 11.8 Å². The monoisotopic (exact) mass is 250 g/mol. The number of rotatable bonds is 3. The van der Waals surface area contributed by atoms with E-state index in [4.69, 9.17) is 0 Å². The zero-order valence-electron chi connectivity index (χ0n) is 11.4. The van der Waals surface area contributed by atoms with E-state index in [0.29, 0.717) is 11.9 Å². The predicted molar refractivity (Wildman–Crippen MR) is 72.3 cm³/mol. The van der Waals surface area contributed by atoms with Crippen LogP contribution in [0.4, 0.5) is 0 Å². The molecule has 1 saturated carbocycles. The molecule has 2 saturated heterocycles. The van der Waals surface area contributed by atoms with Crippen LogP contribution in [0.3, 0.4) is 0 Å². The van der Waals surface area contributed by atoms with Crippen LogP contribution >= 0.6 is 0 Å². The number of nitrogens with zero attached hydrogens (tertiary/aromatic N) is 1. The van der Waals surface area contributed by atoms with Crippen LogP contribution in [0.1, 0.15) is 51.4 Å². The van der Waals surface area contributed by atoms with Crippen LogP contribution in [0, 0.1) is 11.8 Å². The number of fused-ring (bicyclic) bond motifs is 1. The minimum absolute atomic E-state index is 0.441. The first kappa shape index (κ1) is 12.5. The van der Waals surface area contributed by atoms with Gasteiger partial charge in [-0.25, -0.2) is 0 Å². The van der Waals surface area contributed by atoms with E-state index in [2.05, 4.69) is 10.2 Å². The van der Waals surface area contributed by atoms with Crippen molar-refractivity contribution in [2.75, 3.05) is 19.6 Å². The molecule has 18 heavy (non-hydrogen) atoms. The molecule has 1 N–H and O–H groups in total. The maximum Gasteiger partial charge on any atom is 0.222 e. The summed E-state index contributed by atoms with van der Waals surface area (Å²) in [5, 5.41) is 3.39. The summed E-state index contributed by atoms with van der Waals surface area (Å²) >= 11 is 0. The second kappa shape index (κ2) is 5.60. The number of nitrogens with one attached hydrogen (secondary N) is 1. The average Bonchev–Trinajstić information content (AvgIpc) is 3.05. The second-order valence-electron chi connectivity index (χ2n) is 6.39. The number of hydrogen-bond donors (Lipinski definition) is 1. The van der Waals surface area contributed by atoms with Gasteiger partial charge in [0.2, 0.25) is 5.91 Å². The van der Waals surface area contributed by atoms with Crippen LogP contribution in [0.5, 0.6) is 0 Å². The van der Waals surface area contributed by atoms with Crippen LogP contribution in [0.2, 0.25) is 0 Å². The molecule has 3 fully saturated rings. The maximum atomic E-state index is 12.4. The molecule has 0 bridgehead atoms. The summed E-state index contributed by atoms with van der Waals surface area (Å²) in [5.41, 5.74) is 0. The third-order valence-corrected chi connectivity index (χ3v) is 5.26. The first-order chi connectivity index (χ1) is 8.84. The van der Waals surface area contributed by atoms with Crippen molar-refractivity contribution in [3.8, 4) is 0 Å². The standard InChI is InChI=1S/C15H26N2O/c18-15(6-5-12-7-9-16-11-12)17-10-8-13-3-1-2-4-14(13)17/h12-14,16H,1-11H2. The lowest BCUT2D eigenvalue weighted by Gasteiger charge is -2.32. The minimum atomic E-state index is 0.441. The minimum Gasteiger partial charge on any atom is -0.339 e. The van der Waals surface area contributed by atoms with E-state index in [0.717, 1.165) is 44.3 Å². The Morgan fingerprint density at radius 2 is 2.06 bits per heavy atom. The van der Waals surface area contributed by atoms with Crippen LogP contribution in [-0.2, 0) is 4.79 Å². The van der Waals surface area contributed by atoms with Gasteiger partial charge >= 0.3 is 0 Å². The lowest BCUT2D eigenvalue weighted by atomic mass is 9.85. The van der Waals surface area contributed by atoms with Gasteiger partial charge in [-0.2, -0.15) is 0 Å². The molecule has 0 radical (unpaired) electrons. The Bertz CT molecular complexity index is 299. The van der Waals surface area contributed by atoms with Gasteiger partial charge in [0.1, 0.15) is 0 Å². The summed E-state index contributed by atoms with van der Waals surface area (Å²) in [6, 6.07) is 0.605. The number of carbonyl (C=O) groups excluding carboxylic acids is 1. The van der Waals surface area contributed by atoms with E-state index in [9.17, 15) is 4.79 Å². The molecule has 2 heterocycles. The largest absolute Gasteiger partial charge is 0.339 e. The lowest BCUT2D eigenvalue weighted by Crippen LogP contribution is -2.39. The average molecular weight is 250 g/mol. The first-order valence-electron chi connectivity index (χ1n) is 7.85. The molecule has 3 aliphatic rings. The zero-order chi connectivity index (χ0) is 12.4. The van der Waals surface area contributed by atoms with E-state index in [-0.39, 0.29) is 0 Å². The molecule has 2 aliphatic heterocycles. The predicted octanol–water partition coefficient (Wildman–Crippen LogP) is 2.17. The Labute approximate surface area is 110 Å². The van der Waals surface area contributed by atoms with Gasteiger partial charge in [-0.3, -0.25) is 4.79 Å². The number of hydrogen-bond acceptors (Lipinski definition) is 2. The third kappa shape index (κ3) is 2.56. The first-order valence-corrected chi connectivity index (χ1v) is 7.85. The molecule has 102 valence electrons. The van der Waals surface area contributed by atoms with Gasteiger partial charge in [-0.15, -0.1) is 0 Å². The summed E-state index contributed by atoms with van der Waals surface area (Å²) in [4.78, 5) is 14.6. The van der Waals surface area contributed by atoms with Crippen molar-refractivity contribution in [3.05, 3.63) is 0 Å². The highest BCUT2D eigenvalue weighted by Gasteiger charge is 2.37. The highest BCUT2D eigenvalue weighted by Crippen LogP contribution is 2.36. The number of amides is 1. The Balaban J connectivity index is 1.49. The summed E-state index contributed by atoms with van der Waals surface area (Å²) in [7, 11) is 0. The van der Waals surface area contributed by atoms with Gasteiger partial charge in [0.15, 0.2) is 0 Å². The van der Waals surface area contributed by atoms with Crippen LogP contribution in [0.15, 0.2) is 0 Å². The molecule has 0 aromatic carbocycles. The summed E-state index contributed by atoms with van der Waals surface area (Å²) in [6.07, 6.45) is 9.76. The van der Waals surface area contributed by atoms with Crippen molar-refractivity contribution in [1.29, 1.82) is 0 Å². The van der Waals surface area contributed by atoms with Gasteiger partial charge in [-0.1, -0.05) is 12.8 Å². The molecule has 3 atom stereocenters. The third-order valence-electron chi connectivity index (χ3n) is 5.26. The van der Waals surface area contributed by atoms with Crippen molar-refractivity contribution in [3.63, 3.8) is 0 Å². The van der Waals surface area contributed by atoms with Gasteiger partial charge in [0.25, 0.3) is 0 Å². The van der Waals surface area contributed by atoms with Crippen LogP contribution in [0.25, 0.3) is 0 Å². The normalized spacial score (nSPS) is 35.8. The van der Waals surface area contributed by atoms with Crippen molar-refractivity contribution in [2.45, 2.75) is 57.4 Å². The summed E-state index contributed by atoms with van der Waals surface area (Å²) in [6.45, 7) is 3.31. The SMILES string of the molecule is O=C(CCC1CCNC1)N1CCC2CCCCC21. The topological polar surface area (TPSA) is 32.3 Å². The molecule has 1 amide bonds. The Kier molecular flexibility index (Phi) is 3.88. The van der Waals surface area contributed by atoms with Gasteiger partial charge < -0.3 is 10.2 Å². The Morgan fingerprint density at radius 3 is 2.89 bits per heavy atom. The van der Waals surface area contributed by atoms with Gasteiger partial charge in [-0.05, 0) is 57.0 Å². The fourth-order valence-corrected chi connectivity index (χ4v) is 4.15. The highest BCUT2D eigenvalue weighted by atomic mass is 16.2. The molecule has 3 nitrogen and oxygen atoms in total. The molecular weight excluding hydrogens is 224 g/mol. The van der Waals surface area contributed by atoms with Gasteiger partial charge in [0, 0.05) is 19.0 Å². The summed E-state index contributed by atoms with van der Waals surface area (Å²) < 4.78 is 0. The Hall–Kier alpha value is -0.570. The highest BCUT2D eigenvalue weighted by molar-refractivity contribution is 5.76. The van der Waals surface area contributed by atoms with E-state index in [1.54, 1.807) is 0 Å². The van der Waals surface area contributed by atoms with E-state index < -0.39 is 0 Å². The molecule has 3 rings (SSSR count). The molecule has 1 aliphatic carbocycles. The van der Waals surface area contributed by atoms with E-state index >= 15 is 0 Å². The fraction of sp³-hybridized carbons (Fsp3) is 0.933. The van der Waals surface area contributed by atoms with Crippen LogP contribution < -0.4 is 5.32 Å². The maximum absolute atomic E-state index is 12.4. The molecule has 0 spiro atoms. The van der Waals surface area contributed by atoms with Crippen LogP contribution in [-0.4, -0.2) is 36.5 Å². The molecule has 0 aromatic heterocycles. The van der Waals surface area contributed by atoms with Crippen molar-refractivity contribution in [1.82, 2.24) is 10.2 Å². The second-order valence-corrected chi connectivity index (χ2v) is 6.39. The quantitative estimate of drug-likeness (QED) is 0.832. The molecule has 3 unspecified atom stereocenters. The Morgan fingerprint density at radius 1 is 1.17 bits per heavy atom. The van der Waals surface area contributed by atoms with Gasteiger partial charge in [0.05, 0.1) is 0 Å². The number of carbonyl (C=O) groups is 1.